The standard InChI is InChI=1S/C4H8O3S/c1-2-3-4-7-8(5)6/h2-3H,4H2,1H3,(H,5,6)/p-1/b3-2+. The highest BCUT2D eigenvalue weighted by molar-refractivity contribution is 7.74. The molecule has 4 heteroatoms. The van der Waals surface area contributed by atoms with E-state index in [2.05, 4.69) is 4.18 Å². The van der Waals surface area contributed by atoms with Crippen molar-refractivity contribution in [3.05, 3.63) is 12.2 Å². The monoisotopic (exact) mass is 135 g/mol. The smallest absolute Gasteiger partial charge is 0.0845 e. The molecular weight excluding hydrogens is 128 g/mol. The molecule has 0 aliphatic rings. The first-order valence-electron chi connectivity index (χ1n) is 2.11. The van der Waals surface area contributed by atoms with Crippen LogP contribution in [0.2, 0.25) is 0 Å². The van der Waals surface area contributed by atoms with Gasteiger partial charge in [0.05, 0.1) is 18.0 Å². The van der Waals surface area contributed by atoms with Gasteiger partial charge < -0.3 is 4.55 Å². The molecule has 0 radical (unpaired) electrons. The molecule has 0 rings (SSSR count). The van der Waals surface area contributed by atoms with Gasteiger partial charge in [-0.3, -0.25) is 4.18 Å². The molecule has 1 atom stereocenters. The Kier molecular flexibility index (Phi) is 4.84. The third kappa shape index (κ3) is 5.81. The zero-order valence-corrected chi connectivity index (χ0v) is 5.31. The van der Waals surface area contributed by atoms with E-state index < -0.39 is 11.4 Å². The predicted molar refractivity (Wildman–Crippen MR) is 29.7 cm³/mol. The Morgan fingerprint density at radius 3 is 2.88 bits per heavy atom. The Morgan fingerprint density at radius 1 is 1.88 bits per heavy atom. The van der Waals surface area contributed by atoms with E-state index in [9.17, 15) is 8.76 Å². The molecule has 48 valence electrons. The summed E-state index contributed by atoms with van der Waals surface area (Å²) in [4.78, 5) is 0. The van der Waals surface area contributed by atoms with Gasteiger partial charge in [0.15, 0.2) is 0 Å². The van der Waals surface area contributed by atoms with Gasteiger partial charge in [-0.1, -0.05) is 12.2 Å². The van der Waals surface area contributed by atoms with Crippen molar-refractivity contribution in [2.45, 2.75) is 6.92 Å². The lowest BCUT2D eigenvalue weighted by Crippen LogP contribution is -1.93. The summed E-state index contributed by atoms with van der Waals surface area (Å²) in [6.07, 6.45) is 3.32. The fourth-order valence-corrected chi connectivity index (χ4v) is 0.381. The van der Waals surface area contributed by atoms with Crippen molar-refractivity contribution in [2.75, 3.05) is 6.61 Å². The molecule has 0 bridgehead atoms. The van der Waals surface area contributed by atoms with Gasteiger partial charge >= 0.3 is 0 Å². The van der Waals surface area contributed by atoms with Crippen LogP contribution in [-0.2, 0) is 15.5 Å². The quantitative estimate of drug-likeness (QED) is 0.415. The molecule has 0 amide bonds. The van der Waals surface area contributed by atoms with Gasteiger partial charge in [0.2, 0.25) is 0 Å². The number of allylic oxidation sites excluding steroid dienone is 1. The van der Waals surface area contributed by atoms with Crippen molar-refractivity contribution < 1.29 is 12.9 Å². The van der Waals surface area contributed by atoms with Gasteiger partial charge in [-0.25, -0.2) is 4.21 Å². The van der Waals surface area contributed by atoms with Gasteiger partial charge in [0.1, 0.15) is 0 Å². The lowest BCUT2D eigenvalue weighted by molar-refractivity contribution is 0.334. The Morgan fingerprint density at radius 2 is 2.50 bits per heavy atom. The first kappa shape index (κ1) is 7.81. The van der Waals surface area contributed by atoms with E-state index in [1.807, 2.05) is 0 Å². The van der Waals surface area contributed by atoms with Crippen molar-refractivity contribution in [1.82, 2.24) is 0 Å². The first-order valence-corrected chi connectivity index (χ1v) is 3.11. The van der Waals surface area contributed by atoms with E-state index in [4.69, 9.17) is 0 Å². The van der Waals surface area contributed by atoms with Crippen LogP contribution in [0.3, 0.4) is 0 Å². The maximum atomic E-state index is 9.62. The van der Waals surface area contributed by atoms with Crippen LogP contribution in [0.5, 0.6) is 0 Å². The maximum Gasteiger partial charge on any atom is 0.0845 e. The van der Waals surface area contributed by atoms with Gasteiger partial charge in [-0.15, -0.1) is 0 Å². The average Bonchev–Trinajstić information content (AvgIpc) is 1.66. The van der Waals surface area contributed by atoms with Crippen LogP contribution in [0.25, 0.3) is 0 Å². The zero-order valence-electron chi connectivity index (χ0n) is 4.49. The van der Waals surface area contributed by atoms with E-state index in [0.717, 1.165) is 0 Å². The molecule has 0 fully saturated rings. The van der Waals surface area contributed by atoms with Gasteiger partial charge in [0, 0.05) is 0 Å². The Balaban J connectivity index is 3.05. The molecule has 0 aliphatic carbocycles. The molecule has 0 heterocycles. The fourth-order valence-electron chi connectivity index (χ4n) is 0.191. The van der Waals surface area contributed by atoms with E-state index >= 15 is 0 Å². The molecule has 0 aromatic heterocycles. The maximum absolute atomic E-state index is 9.62. The first-order chi connectivity index (χ1) is 3.77. The summed E-state index contributed by atoms with van der Waals surface area (Å²) in [5.41, 5.74) is 0. The molecule has 0 saturated carbocycles. The van der Waals surface area contributed by atoms with E-state index in [0.29, 0.717) is 0 Å². The lowest BCUT2D eigenvalue weighted by Gasteiger charge is -2.00. The van der Waals surface area contributed by atoms with Gasteiger partial charge in [0.25, 0.3) is 0 Å². The molecule has 0 spiro atoms. The van der Waals surface area contributed by atoms with Gasteiger partial charge in [-0.05, 0) is 6.92 Å². The Labute approximate surface area is 50.8 Å². The molecule has 1 unspecified atom stereocenters. The largest absolute Gasteiger partial charge is 0.750 e. The van der Waals surface area contributed by atoms with Crippen molar-refractivity contribution in [3.63, 3.8) is 0 Å². The number of hydrogen-bond donors (Lipinski definition) is 0. The van der Waals surface area contributed by atoms with Crippen molar-refractivity contribution >= 4 is 11.4 Å². The highest BCUT2D eigenvalue weighted by Crippen LogP contribution is 1.78. The van der Waals surface area contributed by atoms with Crippen molar-refractivity contribution in [2.24, 2.45) is 0 Å². The molecule has 8 heavy (non-hydrogen) atoms. The number of hydrogen-bond acceptors (Lipinski definition) is 3. The molecule has 3 nitrogen and oxygen atoms in total. The second kappa shape index (κ2) is 4.96. The predicted octanol–water partition coefficient (Wildman–Crippen LogP) is 0.373. The summed E-state index contributed by atoms with van der Waals surface area (Å²) >= 11 is -2.37. The van der Waals surface area contributed by atoms with Crippen molar-refractivity contribution in [1.29, 1.82) is 0 Å². The topological polar surface area (TPSA) is 49.4 Å². The minimum Gasteiger partial charge on any atom is -0.750 e. The summed E-state index contributed by atoms with van der Waals surface area (Å²) in [6.45, 7) is 1.92. The van der Waals surface area contributed by atoms with E-state index in [1.165, 1.54) is 0 Å². The highest BCUT2D eigenvalue weighted by Gasteiger charge is 1.75. The Bertz CT molecular complexity index is 99.5. The molecule has 0 N–H and O–H groups in total. The molecule has 0 aliphatic heterocycles. The van der Waals surface area contributed by atoms with Gasteiger partial charge in [-0.2, -0.15) is 0 Å². The minimum absolute atomic E-state index is 0.132. The summed E-state index contributed by atoms with van der Waals surface area (Å²) < 4.78 is 23.3. The number of rotatable bonds is 3. The molecule has 0 aromatic rings. The third-order valence-corrected chi connectivity index (χ3v) is 0.825. The van der Waals surface area contributed by atoms with Crippen LogP contribution in [0.4, 0.5) is 0 Å². The molecular formula is C4H7O3S-. The summed E-state index contributed by atoms with van der Waals surface area (Å²) in [7, 11) is 0. The van der Waals surface area contributed by atoms with Crippen LogP contribution in [0.15, 0.2) is 12.2 Å². The lowest BCUT2D eigenvalue weighted by atomic mass is 10.6. The van der Waals surface area contributed by atoms with E-state index in [1.54, 1.807) is 19.1 Å². The van der Waals surface area contributed by atoms with Crippen LogP contribution < -0.4 is 0 Å². The molecule has 0 saturated heterocycles. The van der Waals surface area contributed by atoms with Crippen LogP contribution in [-0.4, -0.2) is 15.4 Å². The van der Waals surface area contributed by atoms with E-state index in [-0.39, 0.29) is 6.61 Å². The summed E-state index contributed by atoms with van der Waals surface area (Å²) in [6, 6.07) is 0. The SMILES string of the molecule is C/C=C/COS(=O)[O-]. The van der Waals surface area contributed by atoms with Crippen LogP contribution in [0.1, 0.15) is 6.92 Å². The zero-order chi connectivity index (χ0) is 6.41. The van der Waals surface area contributed by atoms with Crippen LogP contribution >= 0.6 is 0 Å². The third-order valence-electron chi connectivity index (χ3n) is 0.496. The molecule has 0 aromatic carbocycles. The summed E-state index contributed by atoms with van der Waals surface area (Å²) in [5, 5.41) is 0. The summed E-state index contributed by atoms with van der Waals surface area (Å²) in [5.74, 6) is 0. The Hall–Kier alpha value is -0.190. The minimum atomic E-state index is -2.37. The van der Waals surface area contributed by atoms with Crippen LogP contribution in [0, 0.1) is 0 Å². The second-order valence-corrected chi connectivity index (χ2v) is 1.70. The fraction of sp³-hybridized carbons (Fsp3) is 0.500. The highest BCUT2D eigenvalue weighted by atomic mass is 32.2. The van der Waals surface area contributed by atoms with Crippen molar-refractivity contribution in [3.8, 4) is 0 Å². The average molecular weight is 135 g/mol. The normalized spacial score (nSPS) is 14.8. The second-order valence-electron chi connectivity index (χ2n) is 1.06.